The number of nitrogens with zero attached hydrogens (tertiary/aromatic N) is 2. The summed E-state index contributed by atoms with van der Waals surface area (Å²) in [6, 6.07) is 3.87. The first kappa shape index (κ1) is 21.0. The number of nitrogens with one attached hydrogen (secondary N) is 2. The summed E-state index contributed by atoms with van der Waals surface area (Å²) in [5.74, 6) is 1.11. The Labute approximate surface area is 176 Å². The highest BCUT2D eigenvalue weighted by molar-refractivity contribution is 14.0. The Hall–Kier alpha value is -1.35. The summed E-state index contributed by atoms with van der Waals surface area (Å²) < 4.78 is 0. The minimum Gasteiger partial charge on any atom is -0.508 e. The average Bonchev–Trinajstić information content (AvgIpc) is 3.04. The molecule has 1 aromatic heterocycles. The van der Waals surface area contributed by atoms with E-state index in [2.05, 4.69) is 33.6 Å². The van der Waals surface area contributed by atoms with E-state index in [0.717, 1.165) is 35.9 Å². The van der Waals surface area contributed by atoms with E-state index in [-0.39, 0.29) is 24.0 Å². The van der Waals surface area contributed by atoms with Gasteiger partial charge >= 0.3 is 0 Å². The van der Waals surface area contributed by atoms with Gasteiger partial charge in [0.05, 0.1) is 13.1 Å². The number of hydrogen-bond donors (Lipinski definition) is 3. The van der Waals surface area contributed by atoms with Crippen LogP contribution in [0.2, 0.25) is 0 Å². The quantitative estimate of drug-likeness (QED) is 0.341. The second-order valence-corrected chi connectivity index (χ2v) is 7.64. The molecule has 0 saturated carbocycles. The monoisotopic (exact) mass is 486 g/mol. The summed E-state index contributed by atoms with van der Waals surface area (Å²) >= 11 is 1.69. The summed E-state index contributed by atoms with van der Waals surface area (Å²) in [6.45, 7) is 6.04. The highest BCUT2D eigenvalue weighted by Gasteiger charge is 2.16. The van der Waals surface area contributed by atoms with Crippen molar-refractivity contribution in [2.45, 2.75) is 52.6 Å². The molecule has 1 heterocycles. The van der Waals surface area contributed by atoms with Crippen LogP contribution in [0.1, 0.15) is 46.3 Å². The zero-order chi connectivity index (χ0) is 17.6. The molecule has 0 unspecified atom stereocenters. The van der Waals surface area contributed by atoms with E-state index in [1.54, 1.807) is 11.3 Å². The van der Waals surface area contributed by atoms with Crippen LogP contribution in [0.5, 0.6) is 5.75 Å². The lowest BCUT2D eigenvalue weighted by atomic mass is 9.88. The lowest BCUT2D eigenvalue weighted by Crippen LogP contribution is -2.36. The molecule has 0 fully saturated rings. The third-order valence-corrected chi connectivity index (χ3v) is 5.35. The third-order valence-electron chi connectivity index (χ3n) is 4.44. The molecule has 5 nitrogen and oxygen atoms in total. The molecule has 0 atom stereocenters. The van der Waals surface area contributed by atoms with Crippen LogP contribution in [0.3, 0.4) is 0 Å². The minimum absolute atomic E-state index is 0. The van der Waals surface area contributed by atoms with E-state index < -0.39 is 0 Å². The number of aryl methyl sites for hydroxylation is 2. The van der Waals surface area contributed by atoms with Crippen molar-refractivity contribution in [3.05, 3.63) is 44.9 Å². The normalized spacial score (nSPS) is 13.7. The third kappa shape index (κ3) is 5.33. The molecule has 0 bridgehead atoms. The van der Waals surface area contributed by atoms with Crippen molar-refractivity contribution in [3.63, 3.8) is 0 Å². The van der Waals surface area contributed by atoms with Gasteiger partial charge in [0.25, 0.3) is 0 Å². The number of phenols is 1. The van der Waals surface area contributed by atoms with Gasteiger partial charge < -0.3 is 15.7 Å². The fourth-order valence-electron chi connectivity index (χ4n) is 3.21. The molecule has 0 amide bonds. The molecule has 2 aromatic rings. The van der Waals surface area contributed by atoms with Gasteiger partial charge in [0.15, 0.2) is 5.96 Å². The van der Waals surface area contributed by atoms with E-state index in [9.17, 15) is 5.11 Å². The number of hydrogen-bond acceptors (Lipinski definition) is 4. The van der Waals surface area contributed by atoms with Crippen molar-refractivity contribution in [3.8, 4) is 5.75 Å². The minimum atomic E-state index is 0. The fraction of sp³-hybridized carbons (Fsp3) is 0.474. The molecule has 0 saturated heterocycles. The van der Waals surface area contributed by atoms with Crippen LogP contribution in [0, 0.1) is 6.92 Å². The first-order valence-electron chi connectivity index (χ1n) is 8.93. The number of aromatic hydroxyl groups is 1. The number of thiazole rings is 1. The largest absolute Gasteiger partial charge is 0.508 e. The Kier molecular flexibility index (Phi) is 8.15. The molecule has 0 aliphatic heterocycles. The molecule has 26 heavy (non-hydrogen) atoms. The van der Waals surface area contributed by atoms with E-state index in [1.165, 1.54) is 28.8 Å². The second kappa shape index (κ2) is 10.1. The molecule has 3 N–H and O–H groups in total. The first-order valence-corrected chi connectivity index (χ1v) is 9.75. The fourth-order valence-corrected chi connectivity index (χ4v) is 3.94. The molecule has 1 aromatic carbocycles. The second-order valence-electron chi connectivity index (χ2n) is 6.32. The number of benzene rings is 1. The van der Waals surface area contributed by atoms with Gasteiger partial charge in [-0.05, 0) is 56.7 Å². The Morgan fingerprint density at radius 1 is 1.27 bits per heavy atom. The van der Waals surface area contributed by atoms with Crippen LogP contribution in [0.25, 0.3) is 0 Å². The number of fused-ring (bicyclic) bond motifs is 1. The van der Waals surface area contributed by atoms with Crippen LogP contribution >= 0.6 is 35.3 Å². The maximum atomic E-state index is 10.3. The summed E-state index contributed by atoms with van der Waals surface area (Å²) in [6.07, 6.45) is 6.46. The number of phenolic OH excluding ortho intramolecular Hbond substituents is 1. The lowest BCUT2D eigenvalue weighted by molar-refractivity contribution is 0.465. The van der Waals surface area contributed by atoms with E-state index in [0.29, 0.717) is 18.8 Å². The zero-order valence-corrected chi connectivity index (χ0v) is 18.5. The van der Waals surface area contributed by atoms with Gasteiger partial charge in [-0.1, -0.05) is 6.07 Å². The van der Waals surface area contributed by atoms with Gasteiger partial charge in [-0.15, -0.1) is 35.3 Å². The Balaban J connectivity index is 0.00000243. The van der Waals surface area contributed by atoms with Gasteiger partial charge in [0, 0.05) is 23.2 Å². The number of halogens is 1. The molecule has 0 radical (unpaired) electrons. The summed E-state index contributed by atoms with van der Waals surface area (Å²) in [5, 5.41) is 17.9. The number of rotatable bonds is 5. The van der Waals surface area contributed by atoms with Gasteiger partial charge in [0.2, 0.25) is 0 Å². The molecule has 1 aliphatic rings. The van der Waals surface area contributed by atoms with Gasteiger partial charge in [-0.2, -0.15) is 0 Å². The number of aliphatic imine (C=N–C) groups is 1. The lowest BCUT2D eigenvalue weighted by Gasteiger charge is -2.20. The number of guanidine groups is 1. The Bertz CT molecular complexity index is 760. The summed E-state index contributed by atoms with van der Waals surface area (Å²) in [5.41, 5.74) is 3.63. The molecular formula is C19H27IN4OS. The van der Waals surface area contributed by atoms with Crippen molar-refractivity contribution in [1.29, 1.82) is 0 Å². The predicted molar refractivity (Wildman–Crippen MR) is 119 cm³/mol. The maximum absolute atomic E-state index is 10.3. The van der Waals surface area contributed by atoms with Crippen LogP contribution in [0.15, 0.2) is 23.3 Å². The van der Waals surface area contributed by atoms with Crippen LogP contribution in [-0.2, 0) is 25.9 Å². The van der Waals surface area contributed by atoms with Gasteiger partial charge in [-0.3, -0.25) is 0 Å². The highest BCUT2D eigenvalue weighted by Crippen LogP contribution is 2.31. The van der Waals surface area contributed by atoms with Crippen molar-refractivity contribution < 1.29 is 5.11 Å². The summed E-state index contributed by atoms with van der Waals surface area (Å²) in [7, 11) is 0. The van der Waals surface area contributed by atoms with E-state index in [4.69, 9.17) is 0 Å². The van der Waals surface area contributed by atoms with Crippen LogP contribution < -0.4 is 10.6 Å². The molecule has 7 heteroatoms. The zero-order valence-electron chi connectivity index (χ0n) is 15.3. The van der Waals surface area contributed by atoms with Crippen molar-refractivity contribution in [2.75, 3.05) is 6.54 Å². The molecule has 142 valence electrons. The van der Waals surface area contributed by atoms with Crippen molar-refractivity contribution >= 4 is 41.3 Å². The topological polar surface area (TPSA) is 69.5 Å². The maximum Gasteiger partial charge on any atom is 0.191 e. The molecule has 1 aliphatic carbocycles. The molecule has 3 rings (SSSR count). The van der Waals surface area contributed by atoms with Crippen LogP contribution in [-0.4, -0.2) is 22.6 Å². The molecule has 0 spiro atoms. The standard InChI is InChI=1S/C19H26N4OS.HI/c1-3-20-19(23-12-18-21-10-13(2)25-18)22-11-16-15-7-5-4-6-14(15)8-9-17(16)24;/h8-10,24H,3-7,11-12H2,1-2H3,(H2,20,22,23);1H. The Morgan fingerprint density at radius 3 is 2.81 bits per heavy atom. The van der Waals surface area contributed by atoms with Crippen molar-refractivity contribution in [2.24, 2.45) is 4.99 Å². The predicted octanol–water partition coefficient (Wildman–Crippen LogP) is 3.91. The smallest absolute Gasteiger partial charge is 0.191 e. The first-order chi connectivity index (χ1) is 12.2. The average molecular weight is 486 g/mol. The van der Waals surface area contributed by atoms with Gasteiger partial charge in [-0.25, -0.2) is 9.98 Å². The molecular weight excluding hydrogens is 459 g/mol. The summed E-state index contributed by atoms with van der Waals surface area (Å²) in [4.78, 5) is 10.3. The number of aromatic nitrogens is 1. The highest BCUT2D eigenvalue weighted by atomic mass is 127. The Morgan fingerprint density at radius 2 is 2.08 bits per heavy atom. The van der Waals surface area contributed by atoms with Gasteiger partial charge in [0.1, 0.15) is 10.8 Å². The van der Waals surface area contributed by atoms with Crippen LogP contribution in [0.4, 0.5) is 0 Å². The van der Waals surface area contributed by atoms with E-state index >= 15 is 0 Å². The van der Waals surface area contributed by atoms with Crippen molar-refractivity contribution in [1.82, 2.24) is 15.6 Å². The SMILES string of the molecule is CCNC(=NCc1c(O)ccc2c1CCCC2)NCc1ncc(C)s1.I. The van der Waals surface area contributed by atoms with E-state index in [1.807, 2.05) is 19.2 Å².